The van der Waals surface area contributed by atoms with Gasteiger partial charge in [0.2, 0.25) is 5.91 Å². The van der Waals surface area contributed by atoms with Crippen molar-refractivity contribution in [1.29, 1.82) is 0 Å². The summed E-state index contributed by atoms with van der Waals surface area (Å²) in [5.41, 5.74) is 0.250. The maximum atomic E-state index is 12.0. The van der Waals surface area contributed by atoms with Crippen LogP contribution >= 0.6 is 0 Å². The predicted octanol–water partition coefficient (Wildman–Crippen LogP) is 0.168. The monoisotopic (exact) mass is 275 g/mol. The van der Waals surface area contributed by atoms with Gasteiger partial charge in [0.25, 0.3) is 0 Å². The average Bonchev–Trinajstić information content (AvgIpc) is 2.67. The topological polar surface area (TPSA) is 81.8 Å². The lowest BCUT2D eigenvalue weighted by Crippen LogP contribution is -2.36. The Hall–Kier alpha value is -2.44. The minimum Gasteiger partial charge on any atom is -0.352 e. The number of hydrogen-bond donors (Lipinski definition) is 1. The molecule has 0 fully saturated rings. The molecule has 0 atom stereocenters. The molecule has 0 saturated carbocycles. The second-order valence-corrected chi connectivity index (χ2v) is 4.76. The molecule has 1 amide bonds. The zero-order valence-electron chi connectivity index (χ0n) is 11.7. The van der Waals surface area contributed by atoms with Crippen LogP contribution in [-0.4, -0.2) is 31.3 Å². The van der Waals surface area contributed by atoms with E-state index in [1.807, 2.05) is 19.9 Å². The molecule has 0 aliphatic rings. The highest BCUT2D eigenvalue weighted by molar-refractivity contribution is 5.75. The van der Waals surface area contributed by atoms with Crippen LogP contribution in [0, 0.1) is 0 Å². The zero-order chi connectivity index (χ0) is 14.7. The largest absolute Gasteiger partial charge is 0.352 e. The molecule has 0 aliphatic heterocycles. The molecule has 0 unspecified atom stereocenters. The first-order chi connectivity index (χ1) is 9.49. The summed E-state index contributed by atoms with van der Waals surface area (Å²) in [4.78, 5) is 27.9. The zero-order valence-corrected chi connectivity index (χ0v) is 11.7. The summed E-state index contributed by atoms with van der Waals surface area (Å²) in [6.45, 7) is 3.62. The van der Waals surface area contributed by atoms with Crippen LogP contribution in [0.3, 0.4) is 0 Å². The molecule has 2 aromatic rings. The van der Waals surface area contributed by atoms with Crippen LogP contribution in [0.25, 0.3) is 11.5 Å². The molecule has 106 valence electrons. The van der Waals surface area contributed by atoms with Crippen LogP contribution in [0.15, 0.2) is 29.2 Å². The fourth-order valence-corrected chi connectivity index (χ4v) is 1.81. The minimum absolute atomic E-state index is 0.0252. The van der Waals surface area contributed by atoms with Gasteiger partial charge in [0.15, 0.2) is 5.82 Å². The van der Waals surface area contributed by atoms with Gasteiger partial charge < -0.3 is 5.32 Å². The third-order valence-corrected chi connectivity index (χ3v) is 2.68. The SMILES string of the molecule is CC(C)NC(=O)Cn1nc(-c2ccccn2)n(C)c1=O. The Morgan fingerprint density at radius 1 is 1.40 bits per heavy atom. The van der Waals surface area contributed by atoms with E-state index < -0.39 is 0 Å². The van der Waals surface area contributed by atoms with Crippen molar-refractivity contribution in [2.75, 3.05) is 0 Å². The van der Waals surface area contributed by atoms with Gasteiger partial charge in [-0.3, -0.25) is 14.3 Å². The average molecular weight is 275 g/mol. The van der Waals surface area contributed by atoms with E-state index in [4.69, 9.17) is 0 Å². The van der Waals surface area contributed by atoms with E-state index in [1.165, 1.54) is 4.57 Å². The molecule has 0 aromatic carbocycles. The first-order valence-corrected chi connectivity index (χ1v) is 6.33. The van der Waals surface area contributed by atoms with E-state index in [0.717, 1.165) is 4.68 Å². The van der Waals surface area contributed by atoms with E-state index in [-0.39, 0.29) is 24.2 Å². The standard InChI is InChI=1S/C13H17N5O2/c1-9(2)15-11(19)8-18-13(20)17(3)12(16-18)10-6-4-5-7-14-10/h4-7,9H,8H2,1-3H3,(H,15,19). The number of hydrogen-bond acceptors (Lipinski definition) is 4. The minimum atomic E-state index is -0.343. The first-order valence-electron chi connectivity index (χ1n) is 6.33. The maximum Gasteiger partial charge on any atom is 0.346 e. The molecule has 0 aliphatic carbocycles. The van der Waals surface area contributed by atoms with Gasteiger partial charge in [-0.1, -0.05) is 6.07 Å². The number of amides is 1. The van der Waals surface area contributed by atoms with Gasteiger partial charge in [0.1, 0.15) is 12.2 Å². The second kappa shape index (κ2) is 5.68. The van der Waals surface area contributed by atoms with Crippen molar-refractivity contribution >= 4 is 5.91 Å². The summed E-state index contributed by atoms with van der Waals surface area (Å²) in [6.07, 6.45) is 1.63. The van der Waals surface area contributed by atoms with Gasteiger partial charge in [-0.05, 0) is 26.0 Å². The van der Waals surface area contributed by atoms with Crippen molar-refractivity contribution < 1.29 is 4.79 Å². The van der Waals surface area contributed by atoms with Gasteiger partial charge in [-0.25, -0.2) is 9.48 Å². The second-order valence-electron chi connectivity index (χ2n) is 4.76. The van der Waals surface area contributed by atoms with Crippen molar-refractivity contribution in [1.82, 2.24) is 24.6 Å². The van der Waals surface area contributed by atoms with Crippen molar-refractivity contribution in [2.24, 2.45) is 7.05 Å². The molecule has 1 N–H and O–H groups in total. The normalized spacial score (nSPS) is 10.8. The molecule has 7 heteroatoms. The molecule has 0 radical (unpaired) electrons. The van der Waals surface area contributed by atoms with Gasteiger partial charge >= 0.3 is 5.69 Å². The smallest absolute Gasteiger partial charge is 0.346 e. The quantitative estimate of drug-likeness (QED) is 0.862. The summed E-state index contributed by atoms with van der Waals surface area (Å²) < 4.78 is 2.52. The van der Waals surface area contributed by atoms with E-state index >= 15 is 0 Å². The van der Waals surface area contributed by atoms with Crippen molar-refractivity contribution in [3.05, 3.63) is 34.9 Å². The van der Waals surface area contributed by atoms with Crippen molar-refractivity contribution in [3.8, 4) is 11.5 Å². The van der Waals surface area contributed by atoms with E-state index in [0.29, 0.717) is 11.5 Å². The Balaban J connectivity index is 2.29. The number of aromatic nitrogens is 4. The lowest BCUT2D eigenvalue weighted by atomic mass is 10.3. The third-order valence-electron chi connectivity index (χ3n) is 2.68. The molecule has 2 aromatic heterocycles. The summed E-state index contributed by atoms with van der Waals surface area (Å²) in [5, 5.41) is 6.89. The molecule has 20 heavy (non-hydrogen) atoms. The molecule has 2 rings (SSSR count). The Morgan fingerprint density at radius 3 is 2.75 bits per heavy atom. The molecule has 0 spiro atoms. The number of rotatable bonds is 4. The van der Waals surface area contributed by atoms with E-state index in [2.05, 4.69) is 15.4 Å². The number of carbonyl (C=O) groups excluding carboxylic acids is 1. The predicted molar refractivity (Wildman–Crippen MR) is 74.0 cm³/mol. The summed E-state index contributed by atoms with van der Waals surface area (Å²) in [6, 6.07) is 5.39. The van der Waals surface area contributed by atoms with Gasteiger partial charge in [0.05, 0.1) is 0 Å². The van der Waals surface area contributed by atoms with Crippen LogP contribution in [0.4, 0.5) is 0 Å². The van der Waals surface area contributed by atoms with E-state index in [9.17, 15) is 9.59 Å². The van der Waals surface area contributed by atoms with Crippen molar-refractivity contribution in [2.45, 2.75) is 26.4 Å². The Labute approximate surface area is 116 Å². The van der Waals surface area contributed by atoms with Crippen LogP contribution < -0.4 is 11.0 Å². The Bertz CT molecular complexity index is 657. The molecule has 0 bridgehead atoms. The number of nitrogens with one attached hydrogen (secondary N) is 1. The van der Waals surface area contributed by atoms with Gasteiger partial charge in [-0.15, -0.1) is 5.10 Å². The molecule has 0 saturated heterocycles. The van der Waals surface area contributed by atoms with Crippen LogP contribution in [0.1, 0.15) is 13.8 Å². The first kappa shape index (κ1) is 14.0. The van der Waals surface area contributed by atoms with Crippen LogP contribution in [0.2, 0.25) is 0 Å². The number of carbonyl (C=O) groups is 1. The van der Waals surface area contributed by atoms with Crippen molar-refractivity contribution in [3.63, 3.8) is 0 Å². The lowest BCUT2D eigenvalue weighted by Gasteiger charge is -2.07. The summed E-state index contributed by atoms with van der Waals surface area (Å²) >= 11 is 0. The lowest BCUT2D eigenvalue weighted by molar-refractivity contribution is -0.122. The highest BCUT2D eigenvalue weighted by Crippen LogP contribution is 2.10. The fraction of sp³-hybridized carbons (Fsp3) is 0.385. The molecular formula is C13H17N5O2. The Kier molecular flexibility index (Phi) is 3.97. The maximum absolute atomic E-state index is 12.0. The van der Waals surface area contributed by atoms with E-state index in [1.54, 1.807) is 25.4 Å². The highest BCUT2D eigenvalue weighted by Gasteiger charge is 2.15. The number of pyridine rings is 1. The van der Waals surface area contributed by atoms with Crippen LogP contribution in [-0.2, 0) is 18.4 Å². The Morgan fingerprint density at radius 2 is 2.15 bits per heavy atom. The van der Waals surface area contributed by atoms with Crippen LogP contribution in [0.5, 0.6) is 0 Å². The van der Waals surface area contributed by atoms with Gasteiger partial charge in [0, 0.05) is 19.3 Å². The summed E-state index contributed by atoms with van der Waals surface area (Å²) in [7, 11) is 1.61. The fourth-order valence-electron chi connectivity index (χ4n) is 1.81. The molecular weight excluding hydrogens is 258 g/mol. The third kappa shape index (κ3) is 2.93. The number of nitrogens with zero attached hydrogens (tertiary/aromatic N) is 4. The summed E-state index contributed by atoms with van der Waals surface area (Å²) in [5.74, 6) is 0.195. The highest BCUT2D eigenvalue weighted by atomic mass is 16.2. The molecule has 7 nitrogen and oxygen atoms in total. The molecule has 2 heterocycles. The van der Waals surface area contributed by atoms with Gasteiger partial charge in [-0.2, -0.15) is 0 Å².